The Labute approximate surface area is 143 Å². The van der Waals surface area contributed by atoms with Crippen LogP contribution in [0.2, 0.25) is 0 Å². The van der Waals surface area contributed by atoms with E-state index >= 15 is 0 Å². The Bertz CT molecular complexity index is 542. The van der Waals surface area contributed by atoms with Crippen molar-refractivity contribution in [2.24, 2.45) is 0 Å². The van der Waals surface area contributed by atoms with Crippen LogP contribution in [0.1, 0.15) is 24.8 Å². The molecule has 0 saturated carbocycles. The summed E-state index contributed by atoms with van der Waals surface area (Å²) in [4.78, 5) is 16.2. The number of amides is 1. The number of hydrogen-bond acceptors (Lipinski definition) is 3. The van der Waals surface area contributed by atoms with E-state index in [-0.39, 0.29) is 24.1 Å². The third-order valence-electron chi connectivity index (χ3n) is 4.76. The molecule has 1 amide bonds. The van der Waals surface area contributed by atoms with Crippen LogP contribution in [0.5, 0.6) is 0 Å². The van der Waals surface area contributed by atoms with E-state index in [9.17, 15) is 9.18 Å². The normalized spacial score (nSPS) is 23.9. The number of nitrogens with one attached hydrogen (secondary N) is 1. The molecule has 23 heavy (non-hydrogen) atoms. The second-order valence-corrected chi connectivity index (χ2v) is 6.50. The van der Waals surface area contributed by atoms with Crippen molar-refractivity contribution < 1.29 is 9.18 Å². The first-order valence-electron chi connectivity index (χ1n) is 8.07. The summed E-state index contributed by atoms with van der Waals surface area (Å²) in [7, 11) is 1.75. The molecule has 2 saturated heterocycles. The van der Waals surface area contributed by atoms with Gasteiger partial charge in [-0.3, -0.25) is 9.69 Å². The maximum atomic E-state index is 13.7. The highest BCUT2D eigenvalue weighted by Crippen LogP contribution is 2.20. The van der Waals surface area contributed by atoms with Crippen LogP contribution >= 0.6 is 12.4 Å². The molecule has 2 bridgehead atoms. The molecule has 2 unspecified atom stereocenters. The Morgan fingerprint density at radius 2 is 2.04 bits per heavy atom. The van der Waals surface area contributed by atoms with Crippen molar-refractivity contribution in [1.82, 2.24) is 15.1 Å². The van der Waals surface area contributed by atoms with Gasteiger partial charge in [-0.15, -0.1) is 12.4 Å². The lowest BCUT2D eigenvalue weighted by Gasteiger charge is -2.26. The molecule has 4 nitrogen and oxygen atoms in total. The van der Waals surface area contributed by atoms with Crippen molar-refractivity contribution in [3.63, 3.8) is 0 Å². The van der Waals surface area contributed by atoms with Gasteiger partial charge in [0.05, 0.1) is 6.54 Å². The average Bonchev–Trinajstić information content (AvgIpc) is 2.84. The summed E-state index contributed by atoms with van der Waals surface area (Å²) in [5.74, 6) is -0.195. The predicted octanol–water partition coefficient (Wildman–Crippen LogP) is 2.03. The first-order valence-corrected chi connectivity index (χ1v) is 8.07. The monoisotopic (exact) mass is 341 g/mol. The first kappa shape index (κ1) is 18.2. The molecule has 0 spiro atoms. The van der Waals surface area contributed by atoms with Gasteiger partial charge in [0.25, 0.3) is 0 Å². The van der Waals surface area contributed by atoms with Gasteiger partial charge < -0.3 is 10.2 Å². The van der Waals surface area contributed by atoms with Crippen LogP contribution in [-0.4, -0.2) is 54.5 Å². The van der Waals surface area contributed by atoms with Gasteiger partial charge in [0.1, 0.15) is 5.82 Å². The van der Waals surface area contributed by atoms with Crippen LogP contribution < -0.4 is 5.32 Å². The minimum absolute atomic E-state index is 0. The smallest absolute Gasteiger partial charge is 0.236 e. The van der Waals surface area contributed by atoms with Gasteiger partial charge >= 0.3 is 0 Å². The minimum atomic E-state index is -0.251. The molecule has 2 aliphatic heterocycles. The lowest BCUT2D eigenvalue weighted by atomic mass is 10.1. The Morgan fingerprint density at radius 3 is 2.83 bits per heavy atom. The SMILES string of the molecule is CN(Cc1ccccc1F)C(=O)CN1CCC2CCC(C1)N2.Cl. The molecule has 0 aromatic heterocycles. The number of carbonyl (C=O) groups excluding carboxylic acids is 1. The number of fused-ring (bicyclic) bond motifs is 2. The van der Waals surface area contributed by atoms with E-state index in [1.807, 2.05) is 0 Å². The van der Waals surface area contributed by atoms with E-state index < -0.39 is 0 Å². The number of benzene rings is 1. The number of likely N-dealkylation sites (N-methyl/N-ethyl adjacent to an activating group) is 1. The summed E-state index contributed by atoms with van der Waals surface area (Å²) >= 11 is 0. The lowest BCUT2D eigenvalue weighted by molar-refractivity contribution is -0.131. The number of halogens is 2. The van der Waals surface area contributed by atoms with Crippen LogP contribution in [0.3, 0.4) is 0 Å². The molecule has 128 valence electrons. The molecule has 2 atom stereocenters. The third-order valence-corrected chi connectivity index (χ3v) is 4.76. The molecular formula is C17H25ClFN3O. The van der Waals surface area contributed by atoms with E-state index in [2.05, 4.69) is 10.2 Å². The maximum Gasteiger partial charge on any atom is 0.236 e. The van der Waals surface area contributed by atoms with Crippen molar-refractivity contribution in [3.8, 4) is 0 Å². The number of rotatable bonds is 4. The largest absolute Gasteiger partial charge is 0.340 e. The van der Waals surface area contributed by atoms with E-state index in [1.165, 1.54) is 18.9 Å². The molecule has 0 aliphatic carbocycles. The van der Waals surface area contributed by atoms with Gasteiger partial charge in [0, 0.05) is 44.3 Å². The van der Waals surface area contributed by atoms with Gasteiger partial charge in [-0.25, -0.2) is 4.39 Å². The quantitative estimate of drug-likeness (QED) is 0.910. The summed E-state index contributed by atoms with van der Waals surface area (Å²) in [5, 5.41) is 3.62. The number of hydrogen-bond donors (Lipinski definition) is 1. The fraction of sp³-hybridized carbons (Fsp3) is 0.588. The molecule has 1 N–H and O–H groups in total. The van der Waals surface area contributed by atoms with Gasteiger partial charge in [-0.05, 0) is 25.3 Å². The third kappa shape index (κ3) is 4.66. The molecule has 3 rings (SSSR count). The Hall–Kier alpha value is -1.17. The second-order valence-electron chi connectivity index (χ2n) is 6.50. The highest BCUT2D eigenvalue weighted by atomic mass is 35.5. The highest BCUT2D eigenvalue weighted by molar-refractivity contribution is 5.85. The van der Waals surface area contributed by atoms with Crippen LogP contribution in [0.15, 0.2) is 24.3 Å². The standard InChI is InChI=1S/C17H24FN3O.ClH/c1-20(10-13-4-2-3-5-16(13)18)17(22)12-21-9-8-14-6-7-15(11-21)19-14;/h2-5,14-15,19H,6-12H2,1H3;1H. The zero-order valence-corrected chi connectivity index (χ0v) is 14.3. The summed E-state index contributed by atoms with van der Waals surface area (Å²) in [5.41, 5.74) is 0.565. The average molecular weight is 342 g/mol. The van der Waals surface area contributed by atoms with Gasteiger partial charge in [-0.1, -0.05) is 18.2 Å². The van der Waals surface area contributed by atoms with Crippen molar-refractivity contribution in [1.29, 1.82) is 0 Å². The van der Waals surface area contributed by atoms with Crippen LogP contribution in [0.25, 0.3) is 0 Å². The topological polar surface area (TPSA) is 35.6 Å². The number of carbonyl (C=O) groups is 1. The van der Waals surface area contributed by atoms with Gasteiger partial charge in [-0.2, -0.15) is 0 Å². The highest BCUT2D eigenvalue weighted by Gasteiger charge is 2.30. The van der Waals surface area contributed by atoms with Crippen molar-refractivity contribution in [2.45, 2.75) is 37.9 Å². The zero-order valence-electron chi connectivity index (χ0n) is 13.5. The van der Waals surface area contributed by atoms with Crippen molar-refractivity contribution >= 4 is 18.3 Å². The van der Waals surface area contributed by atoms with Crippen molar-refractivity contribution in [2.75, 3.05) is 26.7 Å². The van der Waals surface area contributed by atoms with Gasteiger partial charge in [0.2, 0.25) is 5.91 Å². The molecule has 2 fully saturated rings. The molecule has 2 aliphatic rings. The lowest BCUT2D eigenvalue weighted by Crippen LogP contribution is -2.42. The van der Waals surface area contributed by atoms with Gasteiger partial charge in [0.15, 0.2) is 0 Å². The summed E-state index contributed by atoms with van der Waals surface area (Å²) in [6.07, 6.45) is 3.58. The fourth-order valence-corrected chi connectivity index (χ4v) is 3.44. The summed E-state index contributed by atoms with van der Waals surface area (Å²) in [6, 6.07) is 7.78. The first-order chi connectivity index (χ1) is 10.6. The van der Waals surface area contributed by atoms with E-state index in [4.69, 9.17) is 0 Å². The fourth-order valence-electron chi connectivity index (χ4n) is 3.44. The molecule has 2 heterocycles. The summed E-state index contributed by atoms with van der Waals surface area (Å²) in [6.45, 7) is 2.66. The van der Waals surface area contributed by atoms with E-state index in [0.29, 0.717) is 30.7 Å². The summed E-state index contributed by atoms with van der Waals surface area (Å²) < 4.78 is 13.7. The van der Waals surface area contributed by atoms with E-state index in [1.54, 1.807) is 30.1 Å². The van der Waals surface area contributed by atoms with Crippen LogP contribution in [0, 0.1) is 5.82 Å². The molecule has 1 aromatic rings. The molecule has 6 heteroatoms. The maximum absolute atomic E-state index is 13.7. The Kier molecular flexibility index (Phi) is 6.39. The molecular weight excluding hydrogens is 317 g/mol. The van der Waals surface area contributed by atoms with E-state index in [0.717, 1.165) is 19.5 Å². The Balaban J connectivity index is 0.00000192. The van der Waals surface area contributed by atoms with Crippen LogP contribution in [0.4, 0.5) is 4.39 Å². The van der Waals surface area contributed by atoms with Crippen LogP contribution in [-0.2, 0) is 11.3 Å². The predicted molar refractivity (Wildman–Crippen MR) is 91.1 cm³/mol. The zero-order chi connectivity index (χ0) is 15.5. The minimum Gasteiger partial charge on any atom is -0.340 e. The number of nitrogens with zero attached hydrogens (tertiary/aromatic N) is 2. The molecule has 1 aromatic carbocycles. The molecule has 0 radical (unpaired) electrons. The van der Waals surface area contributed by atoms with Crippen molar-refractivity contribution in [3.05, 3.63) is 35.6 Å². The number of likely N-dealkylation sites (tertiary alicyclic amines) is 1. The second kappa shape index (κ2) is 8.08. The Morgan fingerprint density at radius 1 is 1.30 bits per heavy atom.